The number of carboxylic acids is 1. The highest BCUT2D eigenvalue weighted by atomic mass is 32.1. The van der Waals surface area contributed by atoms with Crippen LogP contribution in [0.25, 0.3) is 0 Å². The van der Waals surface area contributed by atoms with Crippen LogP contribution in [-0.2, 0) is 15.1 Å². The second kappa shape index (κ2) is 4.61. The molecule has 1 amide bonds. The summed E-state index contributed by atoms with van der Waals surface area (Å²) in [5.74, 6) is -2.70. The van der Waals surface area contributed by atoms with Crippen molar-refractivity contribution in [2.24, 2.45) is 5.92 Å². The van der Waals surface area contributed by atoms with Crippen molar-refractivity contribution in [3.05, 3.63) is 16.6 Å². The second-order valence-corrected chi connectivity index (χ2v) is 4.91. The Labute approximate surface area is 97.5 Å². The standard InChI is InChI=1S/C10H14N2O3S/c1-6(8(14)15)7(13)12-10(2,3)9-11-4-5-16-9/h4-6H,1-3H3,(H,12,13)(H,14,15). The molecule has 1 rings (SSSR count). The SMILES string of the molecule is CC(C(=O)O)C(=O)NC(C)(C)c1nccs1. The zero-order valence-corrected chi connectivity index (χ0v) is 10.2. The Hall–Kier alpha value is -1.43. The summed E-state index contributed by atoms with van der Waals surface area (Å²) in [6, 6.07) is 0. The van der Waals surface area contributed by atoms with Crippen LogP contribution in [-0.4, -0.2) is 22.0 Å². The number of hydrogen-bond acceptors (Lipinski definition) is 4. The van der Waals surface area contributed by atoms with Crippen molar-refractivity contribution in [1.29, 1.82) is 0 Å². The fourth-order valence-electron chi connectivity index (χ4n) is 1.11. The molecule has 0 radical (unpaired) electrons. The molecular formula is C10H14N2O3S. The number of thiazole rings is 1. The minimum absolute atomic E-state index is 0.507. The van der Waals surface area contributed by atoms with Crippen LogP contribution in [0.1, 0.15) is 25.8 Å². The Morgan fingerprint density at radius 1 is 1.56 bits per heavy atom. The average molecular weight is 242 g/mol. The lowest BCUT2D eigenvalue weighted by Gasteiger charge is -2.24. The first-order chi connectivity index (χ1) is 7.34. The third-order valence-electron chi connectivity index (χ3n) is 2.17. The molecule has 5 nitrogen and oxygen atoms in total. The van der Waals surface area contributed by atoms with E-state index in [0.717, 1.165) is 5.01 Å². The van der Waals surface area contributed by atoms with Gasteiger partial charge >= 0.3 is 5.97 Å². The maximum absolute atomic E-state index is 11.6. The lowest BCUT2D eigenvalue weighted by molar-refractivity contribution is -0.146. The predicted octanol–water partition coefficient (Wildman–Crippen LogP) is 1.22. The molecule has 0 saturated heterocycles. The Kier molecular flexibility index (Phi) is 3.64. The van der Waals surface area contributed by atoms with Crippen LogP contribution in [0.3, 0.4) is 0 Å². The molecule has 16 heavy (non-hydrogen) atoms. The number of carbonyl (C=O) groups is 2. The van der Waals surface area contributed by atoms with E-state index in [1.54, 1.807) is 20.0 Å². The van der Waals surface area contributed by atoms with Crippen LogP contribution in [0.15, 0.2) is 11.6 Å². The van der Waals surface area contributed by atoms with E-state index in [0.29, 0.717) is 0 Å². The van der Waals surface area contributed by atoms with E-state index in [2.05, 4.69) is 10.3 Å². The largest absolute Gasteiger partial charge is 0.481 e. The minimum atomic E-state index is -1.13. The molecule has 0 aromatic carbocycles. The van der Waals surface area contributed by atoms with Crippen LogP contribution >= 0.6 is 11.3 Å². The maximum atomic E-state index is 11.6. The van der Waals surface area contributed by atoms with E-state index < -0.39 is 23.3 Å². The lowest BCUT2D eigenvalue weighted by atomic mass is 10.0. The molecular weight excluding hydrogens is 228 g/mol. The number of nitrogens with one attached hydrogen (secondary N) is 1. The topological polar surface area (TPSA) is 79.3 Å². The van der Waals surface area contributed by atoms with E-state index >= 15 is 0 Å². The van der Waals surface area contributed by atoms with E-state index in [1.165, 1.54) is 18.3 Å². The monoisotopic (exact) mass is 242 g/mol. The molecule has 6 heteroatoms. The van der Waals surface area contributed by atoms with Gasteiger partial charge in [-0.05, 0) is 20.8 Å². The Morgan fingerprint density at radius 3 is 2.62 bits per heavy atom. The zero-order chi connectivity index (χ0) is 12.3. The Morgan fingerprint density at radius 2 is 2.19 bits per heavy atom. The summed E-state index contributed by atoms with van der Waals surface area (Å²) >= 11 is 1.42. The van der Waals surface area contributed by atoms with Crippen molar-refractivity contribution in [2.45, 2.75) is 26.3 Å². The number of carbonyl (C=O) groups excluding carboxylic acids is 1. The predicted molar refractivity (Wildman–Crippen MR) is 60.1 cm³/mol. The third kappa shape index (κ3) is 2.79. The summed E-state index contributed by atoms with van der Waals surface area (Å²) in [7, 11) is 0. The molecule has 1 atom stereocenters. The van der Waals surface area contributed by atoms with Crippen LogP contribution in [0, 0.1) is 5.92 Å². The Balaban J connectivity index is 2.74. The van der Waals surface area contributed by atoms with Gasteiger partial charge in [0.05, 0.1) is 5.54 Å². The van der Waals surface area contributed by atoms with Crippen LogP contribution in [0.5, 0.6) is 0 Å². The molecule has 0 bridgehead atoms. The highest BCUT2D eigenvalue weighted by Gasteiger charge is 2.29. The van der Waals surface area contributed by atoms with Gasteiger partial charge in [0.15, 0.2) is 0 Å². The number of nitrogens with zero attached hydrogens (tertiary/aromatic N) is 1. The minimum Gasteiger partial charge on any atom is -0.481 e. The third-order valence-corrected chi connectivity index (χ3v) is 3.26. The quantitative estimate of drug-likeness (QED) is 0.778. The first-order valence-electron chi connectivity index (χ1n) is 4.79. The smallest absolute Gasteiger partial charge is 0.315 e. The molecule has 2 N–H and O–H groups in total. The molecule has 88 valence electrons. The van der Waals surface area contributed by atoms with Crippen LogP contribution < -0.4 is 5.32 Å². The fourth-order valence-corrected chi connectivity index (χ4v) is 1.83. The average Bonchev–Trinajstić information content (AvgIpc) is 2.68. The molecule has 1 aromatic heterocycles. The fraction of sp³-hybridized carbons (Fsp3) is 0.500. The van der Waals surface area contributed by atoms with Gasteiger partial charge in [-0.2, -0.15) is 0 Å². The van der Waals surface area contributed by atoms with Gasteiger partial charge < -0.3 is 10.4 Å². The van der Waals surface area contributed by atoms with Crippen LogP contribution in [0.2, 0.25) is 0 Å². The van der Waals surface area contributed by atoms with Crippen molar-refractivity contribution in [2.75, 3.05) is 0 Å². The Bertz CT molecular complexity index is 387. The lowest BCUT2D eigenvalue weighted by Crippen LogP contribution is -2.45. The van der Waals surface area contributed by atoms with Crippen molar-refractivity contribution in [1.82, 2.24) is 10.3 Å². The summed E-state index contributed by atoms with van der Waals surface area (Å²) in [5, 5.41) is 13.9. The molecule has 0 spiro atoms. The summed E-state index contributed by atoms with van der Waals surface area (Å²) in [4.78, 5) is 26.3. The number of aliphatic carboxylic acids is 1. The van der Waals surface area contributed by atoms with E-state index in [9.17, 15) is 9.59 Å². The first kappa shape index (κ1) is 12.6. The molecule has 0 fully saturated rings. The summed E-state index contributed by atoms with van der Waals surface area (Å²) < 4.78 is 0. The molecule has 0 aliphatic carbocycles. The van der Waals surface area contributed by atoms with E-state index in [4.69, 9.17) is 5.11 Å². The van der Waals surface area contributed by atoms with Crippen molar-refractivity contribution in [3.8, 4) is 0 Å². The van der Waals surface area contributed by atoms with Gasteiger partial charge in [-0.15, -0.1) is 11.3 Å². The maximum Gasteiger partial charge on any atom is 0.315 e. The number of aromatic nitrogens is 1. The molecule has 1 heterocycles. The van der Waals surface area contributed by atoms with Gasteiger partial charge in [-0.25, -0.2) is 4.98 Å². The molecule has 1 aromatic rings. The van der Waals surface area contributed by atoms with E-state index in [-0.39, 0.29) is 0 Å². The summed E-state index contributed by atoms with van der Waals surface area (Å²) in [6.07, 6.45) is 1.65. The van der Waals surface area contributed by atoms with Gasteiger partial charge in [-0.1, -0.05) is 0 Å². The number of amides is 1. The number of hydrogen-bond donors (Lipinski definition) is 2. The highest BCUT2D eigenvalue weighted by Crippen LogP contribution is 2.22. The number of carboxylic acid groups (broad SMARTS) is 1. The number of rotatable bonds is 4. The second-order valence-electron chi connectivity index (χ2n) is 4.01. The van der Waals surface area contributed by atoms with Crippen molar-refractivity contribution < 1.29 is 14.7 Å². The van der Waals surface area contributed by atoms with Gasteiger partial charge in [-0.3, -0.25) is 9.59 Å². The molecule has 1 unspecified atom stereocenters. The molecule has 0 aliphatic heterocycles. The van der Waals surface area contributed by atoms with Gasteiger partial charge in [0.1, 0.15) is 10.9 Å². The summed E-state index contributed by atoms with van der Waals surface area (Å²) in [5.41, 5.74) is -0.644. The van der Waals surface area contributed by atoms with Gasteiger partial charge in [0.2, 0.25) is 5.91 Å². The van der Waals surface area contributed by atoms with Crippen LogP contribution in [0.4, 0.5) is 0 Å². The zero-order valence-electron chi connectivity index (χ0n) is 9.35. The van der Waals surface area contributed by atoms with E-state index in [1.807, 2.05) is 5.38 Å². The molecule has 0 aliphatic rings. The van der Waals surface area contributed by atoms with Crippen molar-refractivity contribution >= 4 is 23.2 Å². The molecule has 0 saturated carbocycles. The normalized spacial score (nSPS) is 13.2. The van der Waals surface area contributed by atoms with Gasteiger partial charge in [0.25, 0.3) is 0 Å². The summed E-state index contributed by atoms with van der Waals surface area (Å²) in [6.45, 7) is 4.94. The van der Waals surface area contributed by atoms with Gasteiger partial charge in [0, 0.05) is 11.6 Å². The first-order valence-corrected chi connectivity index (χ1v) is 5.67. The van der Waals surface area contributed by atoms with Crippen molar-refractivity contribution in [3.63, 3.8) is 0 Å². The highest BCUT2D eigenvalue weighted by molar-refractivity contribution is 7.09.